The second-order valence-electron chi connectivity index (χ2n) is 4.72. The third-order valence-electron chi connectivity index (χ3n) is 3.31. The number of carbonyl (C=O) groups is 1. The van der Waals surface area contributed by atoms with E-state index in [0.29, 0.717) is 12.1 Å². The molecule has 0 heterocycles. The van der Waals surface area contributed by atoms with Crippen molar-refractivity contribution in [3.8, 4) is 0 Å². The molecule has 1 N–H and O–H groups in total. The van der Waals surface area contributed by atoms with E-state index in [2.05, 4.69) is 27.3 Å². The largest absolute Gasteiger partial charge is 0.352 e. The second kappa shape index (κ2) is 6.85. The molecule has 2 nitrogen and oxygen atoms in total. The molecule has 1 aliphatic carbocycles. The van der Waals surface area contributed by atoms with Gasteiger partial charge in [0.2, 0.25) is 0 Å². The Hall–Kier alpha value is -1.16. The summed E-state index contributed by atoms with van der Waals surface area (Å²) >= 11 is 3.10. The molecule has 0 fully saturated rings. The highest BCUT2D eigenvalue weighted by Gasteiger charge is 2.12. The average Bonchev–Trinajstić information content (AvgIpc) is 2.43. The van der Waals surface area contributed by atoms with Crippen molar-refractivity contribution < 1.29 is 9.18 Å². The van der Waals surface area contributed by atoms with Crippen molar-refractivity contribution in [1.29, 1.82) is 0 Å². The summed E-state index contributed by atoms with van der Waals surface area (Å²) in [5, 5.41) is 2.84. The summed E-state index contributed by atoms with van der Waals surface area (Å²) in [5.41, 5.74) is 1.77. The molecule has 1 aliphatic rings. The molecule has 0 radical (unpaired) electrons. The Balaban J connectivity index is 1.87. The van der Waals surface area contributed by atoms with Crippen molar-refractivity contribution >= 4 is 21.8 Å². The molecular formula is C15H17BrFNO. The fraction of sp³-hybridized carbons (Fsp3) is 0.400. The van der Waals surface area contributed by atoms with Gasteiger partial charge < -0.3 is 5.32 Å². The van der Waals surface area contributed by atoms with Gasteiger partial charge in [-0.15, -0.1) is 0 Å². The van der Waals surface area contributed by atoms with Crippen LogP contribution in [-0.4, -0.2) is 12.5 Å². The Labute approximate surface area is 121 Å². The van der Waals surface area contributed by atoms with E-state index in [0.717, 1.165) is 19.3 Å². The molecule has 0 spiro atoms. The Bertz CT molecular complexity index is 499. The number of carbonyl (C=O) groups excluding carboxylic acids is 1. The van der Waals surface area contributed by atoms with Crippen molar-refractivity contribution in [2.45, 2.75) is 32.1 Å². The smallest absolute Gasteiger partial charge is 0.252 e. The number of hydrogen-bond donors (Lipinski definition) is 1. The molecular weight excluding hydrogens is 309 g/mol. The fourth-order valence-corrected chi connectivity index (χ4v) is 2.69. The number of allylic oxidation sites excluding steroid dienone is 1. The van der Waals surface area contributed by atoms with Gasteiger partial charge in [-0.05, 0) is 60.2 Å². The summed E-state index contributed by atoms with van der Waals surface area (Å²) in [6.07, 6.45) is 7.96. The van der Waals surface area contributed by atoms with Gasteiger partial charge in [-0.2, -0.15) is 0 Å². The first-order valence-corrected chi connectivity index (χ1v) is 7.38. The molecule has 1 amide bonds. The van der Waals surface area contributed by atoms with Gasteiger partial charge in [0.05, 0.1) is 10.0 Å². The Kier molecular flexibility index (Phi) is 5.14. The molecule has 0 aliphatic heterocycles. The van der Waals surface area contributed by atoms with Crippen LogP contribution < -0.4 is 5.32 Å². The number of nitrogens with one attached hydrogen (secondary N) is 1. The van der Waals surface area contributed by atoms with Gasteiger partial charge in [0, 0.05) is 6.54 Å². The maximum absolute atomic E-state index is 13.3. The summed E-state index contributed by atoms with van der Waals surface area (Å²) in [5.74, 6) is -0.648. The molecule has 0 bridgehead atoms. The van der Waals surface area contributed by atoms with Crippen LogP contribution in [0.1, 0.15) is 42.5 Å². The van der Waals surface area contributed by atoms with Crippen LogP contribution >= 0.6 is 15.9 Å². The molecule has 0 aromatic heterocycles. The van der Waals surface area contributed by atoms with Gasteiger partial charge in [0.1, 0.15) is 5.82 Å². The van der Waals surface area contributed by atoms with Gasteiger partial charge >= 0.3 is 0 Å². The Morgan fingerprint density at radius 2 is 2.21 bits per heavy atom. The molecule has 1 aromatic carbocycles. The van der Waals surface area contributed by atoms with Crippen LogP contribution in [0.25, 0.3) is 0 Å². The predicted octanol–water partition coefficient (Wildman–Crippen LogP) is 4.21. The molecule has 1 aromatic rings. The average molecular weight is 326 g/mol. The van der Waals surface area contributed by atoms with Crippen LogP contribution in [0.2, 0.25) is 0 Å². The molecule has 2 rings (SSSR count). The van der Waals surface area contributed by atoms with Crippen LogP contribution in [0.3, 0.4) is 0 Å². The molecule has 0 saturated carbocycles. The SMILES string of the molecule is O=C(NCCC1=CCCCC1)c1cccc(F)c1Br. The Morgan fingerprint density at radius 1 is 1.37 bits per heavy atom. The van der Waals surface area contributed by atoms with Crippen LogP contribution in [0.5, 0.6) is 0 Å². The van der Waals surface area contributed by atoms with Crippen LogP contribution in [0.15, 0.2) is 34.3 Å². The van der Waals surface area contributed by atoms with Crippen molar-refractivity contribution in [1.82, 2.24) is 5.32 Å². The van der Waals surface area contributed by atoms with E-state index in [-0.39, 0.29) is 10.4 Å². The van der Waals surface area contributed by atoms with E-state index >= 15 is 0 Å². The quantitative estimate of drug-likeness (QED) is 0.825. The lowest BCUT2D eigenvalue weighted by atomic mass is 9.97. The van der Waals surface area contributed by atoms with E-state index in [9.17, 15) is 9.18 Å². The number of halogens is 2. The lowest BCUT2D eigenvalue weighted by molar-refractivity contribution is 0.0952. The first-order valence-electron chi connectivity index (χ1n) is 6.58. The van der Waals surface area contributed by atoms with E-state index in [1.165, 1.54) is 24.5 Å². The molecule has 0 saturated heterocycles. The van der Waals surface area contributed by atoms with Crippen LogP contribution in [0.4, 0.5) is 4.39 Å². The highest BCUT2D eigenvalue weighted by Crippen LogP contribution is 2.21. The third kappa shape index (κ3) is 3.90. The van der Waals surface area contributed by atoms with Crippen LogP contribution in [0, 0.1) is 5.82 Å². The van der Waals surface area contributed by atoms with Crippen molar-refractivity contribution in [2.75, 3.05) is 6.54 Å². The predicted molar refractivity (Wildman–Crippen MR) is 77.6 cm³/mol. The van der Waals surface area contributed by atoms with E-state index in [4.69, 9.17) is 0 Å². The lowest BCUT2D eigenvalue weighted by Gasteiger charge is -2.13. The molecule has 102 valence electrons. The topological polar surface area (TPSA) is 29.1 Å². The van der Waals surface area contributed by atoms with Crippen molar-refractivity contribution in [3.63, 3.8) is 0 Å². The van der Waals surface area contributed by atoms with Gasteiger partial charge in [-0.3, -0.25) is 4.79 Å². The summed E-state index contributed by atoms with van der Waals surface area (Å²) in [6, 6.07) is 4.48. The summed E-state index contributed by atoms with van der Waals surface area (Å²) < 4.78 is 13.5. The number of benzene rings is 1. The standard InChI is InChI=1S/C15H17BrFNO/c16-14-12(7-4-8-13(14)17)15(19)18-10-9-11-5-2-1-3-6-11/h4-5,7-8H,1-3,6,9-10H2,(H,18,19). The molecule has 0 atom stereocenters. The lowest BCUT2D eigenvalue weighted by Crippen LogP contribution is -2.25. The maximum Gasteiger partial charge on any atom is 0.252 e. The third-order valence-corrected chi connectivity index (χ3v) is 4.12. The minimum Gasteiger partial charge on any atom is -0.352 e. The van der Waals surface area contributed by atoms with Crippen molar-refractivity contribution in [2.24, 2.45) is 0 Å². The fourth-order valence-electron chi connectivity index (χ4n) is 2.24. The minimum atomic E-state index is -0.414. The van der Waals surface area contributed by atoms with Crippen LogP contribution in [-0.2, 0) is 0 Å². The summed E-state index contributed by atoms with van der Waals surface area (Å²) in [7, 11) is 0. The Morgan fingerprint density at radius 3 is 2.95 bits per heavy atom. The highest BCUT2D eigenvalue weighted by atomic mass is 79.9. The normalized spacial score (nSPS) is 14.9. The second-order valence-corrected chi connectivity index (χ2v) is 5.51. The number of hydrogen-bond acceptors (Lipinski definition) is 1. The van der Waals surface area contributed by atoms with E-state index < -0.39 is 5.82 Å². The van der Waals surface area contributed by atoms with Gasteiger partial charge in [-0.25, -0.2) is 4.39 Å². The van der Waals surface area contributed by atoms with Crippen molar-refractivity contribution in [3.05, 3.63) is 45.7 Å². The summed E-state index contributed by atoms with van der Waals surface area (Å²) in [4.78, 5) is 11.9. The van der Waals surface area contributed by atoms with E-state index in [1.807, 2.05) is 0 Å². The van der Waals surface area contributed by atoms with E-state index in [1.54, 1.807) is 12.1 Å². The zero-order valence-corrected chi connectivity index (χ0v) is 12.3. The van der Waals surface area contributed by atoms with Gasteiger partial charge in [0.15, 0.2) is 0 Å². The highest BCUT2D eigenvalue weighted by molar-refractivity contribution is 9.10. The maximum atomic E-state index is 13.3. The molecule has 0 unspecified atom stereocenters. The number of rotatable bonds is 4. The first-order chi connectivity index (χ1) is 9.18. The van der Waals surface area contributed by atoms with Gasteiger partial charge in [-0.1, -0.05) is 17.7 Å². The molecule has 4 heteroatoms. The zero-order valence-electron chi connectivity index (χ0n) is 10.7. The summed E-state index contributed by atoms with van der Waals surface area (Å²) in [6.45, 7) is 0.605. The monoisotopic (exact) mass is 325 g/mol. The number of amides is 1. The zero-order chi connectivity index (χ0) is 13.7. The van der Waals surface area contributed by atoms with Gasteiger partial charge in [0.25, 0.3) is 5.91 Å². The first kappa shape index (κ1) is 14.3. The minimum absolute atomic E-state index is 0.226. The molecule has 19 heavy (non-hydrogen) atoms.